The van der Waals surface area contributed by atoms with Crippen molar-refractivity contribution in [2.24, 2.45) is 17.6 Å². The molecule has 2 fully saturated rings. The molecule has 1 saturated heterocycles. The fourth-order valence-electron chi connectivity index (χ4n) is 3.03. The van der Waals surface area contributed by atoms with E-state index < -0.39 is 0 Å². The van der Waals surface area contributed by atoms with Crippen LogP contribution in [0.5, 0.6) is 0 Å². The fourth-order valence-corrected chi connectivity index (χ4v) is 3.22. The number of thiocarbonyl (C=S) groups is 1. The van der Waals surface area contributed by atoms with Crippen molar-refractivity contribution in [3.05, 3.63) is 0 Å². The van der Waals surface area contributed by atoms with Gasteiger partial charge in [-0.2, -0.15) is 0 Å². The van der Waals surface area contributed by atoms with E-state index >= 15 is 0 Å². The summed E-state index contributed by atoms with van der Waals surface area (Å²) in [6.45, 7) is 1.64. The molecule has 96 valence electrons. The highest BCUT2D eigenvalue weighted by molar-refractivity contribution is 7.80. The molecule has 17 heavy (non-hydrogen) atoms. The average molecular weight is 254 g/mol. The Kier molecular flexibility index (Phi) is 4.37. The van der Waals surface area contributed by atoms with Crippen molar-refractivity contribution in [1.82, 2.24) is 4.90 Å². The van der Waals surface area contributed by atoms with Crippen LogP contribution in [-0.2, 0) is 4.79 Å². The van der Waals surface area contributed by atoms with Crippen molar-refractivity contribution in [2.45, 2.75) is 44.9 Å². The number of carbonyl (C=O) groups excluding carboxylic acids is 1. The van der Waals surface area contributed by atoms with Crippen LogP contribution in [0.3, 0.4) is 0 Å². The SMILES string of the molecule is NC(=S)C1CCCN(C(=O)CC2CCCC2)C1. The molecular weight excluding hydrogens is 232 g/mol. The minimum absolute atomic E-state index is 0.242. The van der Waals surface area contributed by atoms with Gasteiger partial charge in [-0.05, 0) is 31.6 Å². The van der Waals surface area contributed by atoms with E-state index in [9.17, 15) is 4.79 Å². The minimum atomic E-state index is 0.242. The second-order valence-electron chi connectivity index (χ2n) is 5.44. The van der Waals surface area contributed by atoms with E-state index in [-0.39, 0.29) is 5.92 Å². The number of nitrogens with two attached hydrogens (primary N) is 1. The number of rotatable bonds is 3. The summed E-state index contributed by atoms with van der Waals surface area (Å²) in [6.07, 6.45) is 7.89. The van der Waals surface area contributed by atoms with Gasteiger partial charge in [0.2, 0.25) is 5.91 Å². The van der Waals surface area contributed by atoms with E-state index in [1.165, 1.54) is 25.7 Å². The molecule has 0 aromatic rings. The first kappa shape index (κ1) is 12.8. The summed E-state index contributed by atoms with van der Waals surface area (Å²) in [6, 6.07) is 0. The van der Waals surface area contributed by atoms with Gasteiger partial charge in [-0.3, -0.25) is 4.79 Å². The third-order valence-electron chi connectivity index (χ3n) is 4.11. The van der Waals surface area contributed by atoms with E-state index in [2.05, 4.69) is 0 Å². The maximum Gasteiger partial charge on any atom is 0.222 e. The highest BCUT2D eigenvalue weighted by atomic mass is 32.1. The molecular formula is C13H22N2OS. The number of carbonyl (C=O) groups is 1. The lowest BCUT2D eigenvalue weighted by molar-refractivity contribution is -0.133. The monoisotopic (exact) mass is 254 g/mol. The molecule has 2 aliphatic rings. The zero-order valence-corrected chi connectivity index (χ0v) is 11.2. The molecule has 2 rings (SSSR count). The lowest BCUT2D eigenvalue weighted by Gasteiger charge is -2.32. The Labute approximate surface area is 109 Å². The molecule has 0 aromatic carbocycles. The molecule has 0 spiro atoms. The lowest BCUT2D eigenvalue weighted by Crippen LogP contribution is -2.44. The topological polar surface area (TPSA) is 46.3 Å². The molecule has 2 N–H and O–H groups in total. The molecule has 0 radical (unpaired) electrons. The normalized spacial score (nSPS) is 26.1. The first-order valence-corrected chi connectivity index (χ1v) is 7.14. The van der Waals surface area contributed by atoms with Gasteiger partial charge in [-0.1, -0.05) is 25.1 Å². The van der Waals surface area contributed by atoms with Crippen LogP contribution in [0.1, 0.15) is 44.9 Å². The molecule has 1 aliphatic heterocycles. The maximum absolute atomic E-state index is 12.2. The van der Waals surface area contributed by atoms with Crippen molar-refractivity contribution in [2.75, 3.05) is 13.1 Å². The van der Waals surface area contributed by atoms with Crippen molar-refractivity contribution in [3.63, 3.8) is 0 Å². The molecule has 3 nitrogen and oxygen atoms in total. The molecule has 1 amide bonds. The van der Waals surface area contributed by atoms with E-state index in [0.717, 1.165) is 32.4 Å². The van der Waals surface area contributed by atoms with Crippen molar-refractivity contribution in [1.29, 1.82) is 0 Å². The molecule has 1 atom stereocenters. The van der Waals surface area contributed by atoms with Gasteiger partial charge in [-0.15, -0.1) is 0 Å². The van der Waals surface area contributed by atoms with Gasteiger partial charge in [0.05, 0.1) is 4.99 Å². The summed E-state index contributed by atoms with van der Waals surface area (Å²) in [5.41, 5.74) is 5.69. The number of nitrogens with zero attached hydrogens (tertiary/aromatic N) is 1. The number of piperidine rings is 1. The Hall–Kier alpha value is -0.640. The van der Waals surface area contributed by atoms with Crippen molar-refractivity contribution >= 4 is 23.1 Å². The van der Waals surface area contributed by atoms with Gasteiger partial charge in [0, 0.05) is 25.4 Å². The summed E-state index contributed by atoms with van der Waals surface area (Å²) >= 11 is 5.04. The average Bonchev–Trinajstić information content (AvgIpc) is 2.82. The highest BCUT2D eigenvalue weighted by Crippen LogP contribution is 2.28. The summed E-state index contributed by atoms with van der Waals surface area (Å²) < 4.78 is 0. The maximum atomic E-state index is 12.2. The third kappa shape index (κ3) is 3.41. The Morgan fingerprint density at radius 2 is 1.94 bits per heavy atom. The van der Waals surface area contributed by atoms with Gasteiger partial charge >= 0.3 is 0 Å². The smallest absolute Gasteiger partial charge is 0.222 e. The van der Waals surface area contributed by atoms with Gasteiger partial charge < -0.3 is 10.6 Å². The Bertz CT molecular complexity index is 300. The van der Waals surface area contributed by atoms with Crippen LogP contribution in [0, 0.1) is 11.8 Å². The van der Waals surface area contributed by atoms with E-state index in [4.69, 9.17) is 18.0 Å². The predicted molar refractivity (Wildman–Crippen MR) is 72.7 cm³/mol. The van der Waals surface area contributed by atoms with E-state index in [0.29, 0.717) is 16.8 Å². The summed E-state index contributed by atoms with van der Waals surface area (Å²) in [5, 5.41) is 0. The van der Waals surface area contributed by atoms with Crippen LogP contribution in [0.15, 0.2) is 0 Å². The number of amides is 1. The Morgan fingerprint density at radius 1 is 1.24 bits per heavy atom. The summed E-state index contributed by atoms with van der Waals surface area (Å²) in [7, 11) is 0. The zero-order valence-electron chi connectivity index (χ0n) is 10.4. The second-order valence-corrected chi connectivity index (χ2v) is 5.91. The number of likely N-dealkylation sites (tertiary alicyclic amines) is 1. The molecule has 1 saturated carbocycles. The first-order valence-electron chi connectivity index (χ1n) is 6.74. The predicted octanol–water partition coefficient (Wildman–Crippen LogP) is 2.09. The molecule has 0 bridgehead atoms. The minimum Gasteiger partial charge on any atom is -0.393 e. The van der Waals surface area contributed by atoms with Crippen LogP contribution in [0.25, 0.3) is 0 Å². The number of hydrogen-bond acceptors (Lipinski definition) is 2. The van der Waals surface area contributed by atoms with Crippen LogP contribution in [0.2, 0.25) is 0 Å². The molecule has 1 heterocycles. The fraction of sp³-hybridized carbons (Fsp3) is 0.846. The van der Waals surface area contributed by atoms with Gasteiger partial charge in [0.1, 0.15) is 0 Å². The first-order chi connectivity index (χ1) is 8.16. The lowest BCUT2D eigenvalue weighted by atomic mass is 9.96. The molecule has 4 heteroatoms. The quantitative estimate of drug-likeness (QED) is 0.785. The van der Waals surface area contributed by atoms with Gasteiger partial charge in [-0.25, -0.2) is 0 Å². The largest absolute Gasteiger partial charge is 0.393 e. The molecule has 1 aliphatic carbocycles. The van der Waals surface area contributed by atoms with Gasteiger partial charge in [0.25, 0.3) is 0 Å². The van der Waals surface area contributed by atoms with Crippen molar-refractivity contribution < 1.29 is 4.79 Å². The summed E-state index contributed by atoms with van der Waals surface area (Å²) in [4.78, 5) is 14.7. The summed E-state index contributed by atoms with van der Waals surface area (Å²) in [5.74, 6) is 1.19. The third-order valence-corrected chi connectivity index (χ3v) is 4.45. The van der Waals surface area contributed by atoms with E-state index in [1.807, 2.05) is 4.90 Å². The van der Waals surface area contributed by atoms with Gasteiger partial charge in [0.15, 0.2) is 0 Å². The zero-order chi connectivity index (χ0) is 12.3. The highest BCUT2D eigenvalue weighted by Gasteiger charge is 2.27. The molecule has 0 aromatic heterocycles. The van der Waals surface area contributed by atoms with Crippen LogP contribution >= 0.6 is 12.2 Å². The Morgan fingerprint density at radius 3 is 2.59 bits per heavy atom. The standard InChI is InChI=1S/C13H22N2OS/c14-13(17)11-6-3-7-15(9-11)12(16)8-10-4-1-2-5-10/h10-11H,1-9H2,(H2,14,17). The second kappa shape index (κ2) is 5.80. The van der Waals surface area contributed by atoms with Crippen LogP contribution in [0.4, 0.5) is 0 Å². The Balaban J connectivity index is 1.83. The van der Waals surface area contributed by atoms with E-state index in [1.54, 1.807) is 0 Å². The molecule has 1 unspecified atom stereocenters. The van der Waals surface area contributed by atoms with Crippen LogP contribution in [-0.4, -0.2) is 28.9 Å². The van der Waals surface area contributed by atoms with Crippen molar-refractivity contribution in [3.8, 4) is 0 Å². The van der Waals surface area contributed by atoms with Crippen LogP contribution < -0.4 is 5.73 Å². The number of hydrogen-bond donors (Lipinski definition) is 1.